The zero-order valence-corrected chi connectivity index (χ0v) is 12.3. The molecule has 114 valence electrons. The third-order valence-corrected chi connectivity index (χ3v) is 3.80. The Morgan fingerprint density at radius 1 is 1.24 bits per heavy atom. The zero-order valence-electron chi connectivity index (χ0n) is 12.3. The normalized spacial score (nSPS) is 19.3. The van der Waals surface area contributed by atoms with Crippen LogP contribution in [0.2, 0.25) is 0 Å². The van der Waals surface area contributed by atoms with Crippen LogP contribution in [0.4, 0.5) is 0 Å². The highest BCUT2D eigenvalue weighted by Crippen LogP contribution is 2.31. The minimum absolute atomic E-state index is 0.108. The fourth-order valence-electron chi connectivity index (χ4n) is 2.79. The first-order valence-corrected chi connectivity index (χ1v) is 7.55. The Morgan fingerprint density at radius 2 is 1.95 bits per heavy atom. The summed E-state index contributed by atoms with van der Waals surface area (Å²) in [5.74, 6) is 0.990. The van der Waals surface area contributed by atoms with E-state index in [9.17, 15) is 4.79 Å². The lowest BCUT2D eigenvalue weighted by Crippen LogP contribution is -2.31. The molecular weight excluding hydrogens is 270 g/mol. The van der Waals surface area contributed by atoms with E-state index in [1.807, 2.05) is 6.92 Å². The molecule has 0 spiro atoms. The Kier molecular flexibility index (Phi) is 4.29. The van der Waals surface area contributed by atoms with Gasteiger partial charge in [0.1, 0.15) is 19.3 Å². The van der Waals surface area contributed by atoms with Gasteiger partial charge in [0.15, 0.2) is 11.5 Å². The lowest BCUT2D eigenvalue weighted by molar-refractivity contribution is 0.0270. The Labute approximate surface area is 124 Å². The number of likely N-dealkylation sites (tertiary alicyclic amines) is 1. The molecule has 5 heteroatoms. The molecule has 3 rings (SSSR count). The summed E-state index contributed by atoms with van der Waals surface area (Å²) in [6, 6.07) is 5.17. The largest absolute Gasteiger partial charge is 0.486 e. The maximum absolute atomic E-state index is 12.2. The molecule has 0 aliphatic carbocycles. The lowest BCUT2D eigenvalue weighted by atomic mass is 10.2. The number of hydrogen-bond acceptors (Lipinski definition) is 5. The summed E-state index contributed by atoms with van der Waals surface area (Å²) < 4.78 is 16.4. The molecule has 1 fully saturated rings. The molecule has 21 heavy (non-hydrogen) atoms. The second kappa shape index (κ2) is 6.35. The van der Waals surface area contributed by atoms with Crippen LogP contribution in [0.1, 0.15) is 30.1 Å². The van der Waals surface area contributed by atoms with E-state index in [1.54, 1.807) is 18.2 Å². The van der Waals surface area contributed by atoms with Gasteiger partial charge in [0.25, 0.3) is 0 Å². The van der Waals surface area contributed by atoms with E-state index in [2.05, 4.69) is 4.90 Å². The van der Waals surface area contributed by atoms with Gasteiger partial charge in [-0.1, -0.05) is 0 Å². The van der Waals surface area contributed by atoms with Crippen molar-refractivity contribution in [1.29, 1.82) is 0 Å². The molecule has 0 saturated carbocycles. The summed E-state index contributed by atoms with van der Waals surface area (Å²) in [5, 5.41) is 0. The van der Waals surface area contributed by atoms with Gasteiger partial charge in [-0.3, -0.25) is 4.90 Å². The molecule has 2 aliphatic heterocycles. The molecule has 2 heterocycles. The average Bonchev–Trinajstić information content (AvgIpc) is 2.99. The van der Waals surface area contributed by atoms with E-state index in [1.165, 1.54) is 12.8 Å². The Balaban J connectivity index is 1.59. The number of nitrogens with zero attached hydrogens (tertiary/aromatic N) is 1. The molecular formula is C16H21NO4. The van der Waals surface area contributed by atoms with Gasteiger partial charge in [0.2, 0.25) is 0 Å². The molecule has 0 aromatic heterocycles. The van der Waals surface area contributed by atoms with Crippen molar-refractivity contribution in [1.82, 2.24) is 4.90 Å². The van der Waals surface area contributed by atoms with Crippen LogP contribution in [0.25, 0.3) is 0 Å². The highest BCUT2D eigenvalue weighted by Gasteiger charge is 2.20. The van der Waals surface area contributed by atoms with Crippen molar-refractivity contribution in [2.75, 3.05) is 32.8 Å². The van der Waals surface area contributed by atoms with Gasteiger partial charge in [-0.05, 0) is 51.1 Å². The third-order valence-electron chi connectivity index (χ3n) is 3.80. The molecule has 2 aliphatic rings. The molecule has 1 unspecified atom stereocenters. The molecule has 1 aromatic rings. The van der Waals surface area contributed by atoms with E-state index < -0.39 is 0 Å². The molecule has 0 radical (unpaired) electrons. The van der Waals surface area contributed by atoms with Gasteiger partial charge in [-0.25, -0.2) is 4.79 Å². The first-order chi connectivity index (χ1) is 10.2. The molecule has 0 bridgehead atoms. The van der Waals surface area contributed by atoms with Crippen LogP contribution in [0.5, 0.6) is 11.5 Å². The number of esters is 1. The van der Waals surface area contributed by atoms with E-state index in [-0.39, 0.29) is 12.1 Å². The molecule has 0 amide bonds. The molecule has 1 aromatic carbocycles. The topological polar surface area (TPSA) is 48.0 Å². The van der Waals surface area contributed by atoms with Gasteiger partial charge in [0, 0.05) is 6.54 Å². The second-order valence-corrected chi connectivity index (χ2v) is 5.58. The number of ether oxygens (including phenoxy) is 3. The maximum atomic E-state index is 12.2. The Hall–Kier alpha value is -1.75. The summed E-state index contributed by atoms with van der Waals surface area (Å²) in [4.78, 5) is 14.5. The third kappa shape index (κ3) is 3.47. The van der Waals surface area contributed by atoms with Gasteiger partial charge in [-0.2, -0.15) is 0 Å². The number of hydrogen-bond donors (Lipinski definition) is 0. The first-order valence-electron chi connectivity index (χ1n) is 7.55. The number of fused-ring (bicyclic) bond motifs is 1. The van der Waals surface area contributed by atoms with E-state index >= 15 is 0 Å². The van der Waals surface area contributed by atoms with Gasteiger partial charge in [0.05, 0.1) is 5.56 Å². The monoisotopic (exact) mass is 291 g/mol. The van der Waals surface area contributed by atoms with E-state index in [0.717, 1.165) is 19.6 Å². The summed E-state index contributed by atoms with van der Waals surface area (Å²) in [6.07, 6.45) is 2.37. The maximum Gasteiger partial charge on any atom is 0.338 e. The van der Waals surface area contributed by atoms with Gasteiger partial charge < -0.3 is 14.2 Å². The molecule has 5 nitrogen and oxygen atoms in total. The SMILES string of the molecule is CC(CN1CCCC1)OC(=O)c1ccc2c(c1)OCCO2. The molecule has 0 N–H and O–H groups in total. The Bertz CT molecular complexity index is 511. The zero-order chi connectivity index (χ0) is 14.7. The predicted octanol–water partition coefficient (Wildman–Crippen LogP) is 2.10. The van der Waals surface area contributed by atoms with Crippen LogP contribution in [-0.4, -0.2) is 49.8 Å². The van der Waals surface area contributed by atoms with Crippen molar-refractivity contribution in [2.24, 2.45) is 0 Å². The predicted molar refractivity (Wildman–Crippen MR) is 78.0 cm³/mol. The Morgan fingerprint density at radius 3 is 2.71 bits per heavy atom. The fraction of sp³-hybridized carbons (Fsp3) is 0.562. The van der Waals surface area contributed by atoms with Crippen LogP contribution in [0.15, 0.2) is 18.2 Å². The average molecular weight is 291 g/mol. The van der Waals surface area contributed by atoms with E-state index in [4.69, 9.17) is 14.2 Å². The van der Waals surface area contributed by atoms with Crippen LogP contribution >= 0.6 is 0 Å². The van der Waals surface area contributed by atoms with Crippen molar-refractivity contribution in [3.8, 4) is 11.5 Å². The van der Waals surface area contributed by atoms with Crippen molar-refractivity contribution in [3.05, 3.63) is 23.8 Å². The molecule has 1 saturated heterocycles. The minimum Gasteiger partial charge on any atom is -0.486 e. The van der Waals surface area contributed by atoms with Crippen molar-refractivity contribution < 1.29 is 19.0 Å². The number of benzene rings is 1. The standard InChI is InChI=1S/C16H21NO4/c1-12(11-17-6-2-3-7-17)21-16(18)13-4-5-14-15(10-13)20-9-8-19-14/h4-5,10,12H,2-3,6-9,11H2,1H3. The highest BCUT2D eigenvalue weighted by atomic mass is 16.6. The summed E-state index contributed by atoms with van der Waals surface area (Å²) in [5.41, 5.74) is 0.507. The van der Waals surface area contributed by atoms with Crippen molar-refractivity contribution >= 4 is 5.97 Å². The minimum atomic E-state index is -0.307. The summed E-state index contributed by atoms with van der Waals surface area (Å²) in [7, 11) is 0. The van der Waals surface area contributed by atoms with Crippen LogP contribution in [0.3, 0.4) is 0 Å². The summed E-state index contributed by atoms with van der Waals surface area (Å²) >= 11 is 0. The number of rotatable bonds is 4. The van der Waals surface area contributed by atoms with Gasteiger partial charge in [-0.15, -0.1) is 0 Å². The van der Waals surface area contributed by atoms with Crippen molar-refractivity contribution in [2.45, 2.75) is 25.9 Å². The van der Waals surface area contributed by atoms with Crippen LogP contribution < -0.4 is 9.47 Å². The van der Waals surface area contributed by atoms with Crippen molar-refractivity contribution in [3.63, 3.8) is 0 Å². The quantitative estimate of drug-likeness (QED) is 0.795. The second-order valence-electron chi connectivity index (χ2n) is 5.58. The molecule has 1 atom stereocenters. The van der Waals surface area contributed by atoms with Gasteiger partial charge >= 0.3 is 5.97 Å². The van der Waals surface area contributed by atoms with Crippen LogP contribution in [0, 0.1) is 0 Å². The fourth-order valence-corrected chi connectivity index (χ4v) is 2.79. The van der Waals surface area contributed by atoms with Crippen LogP contribution in [-0.2, 0) is 4.74 Å². The smallest absolute Gasteiger partial charge is 0.338 e. The first kappa shape index (κ1) is 14.2. The number of carbonyl (C=O) groups excluding carboxylic acids is 1. The van der Waals surface area contributed by atoms with E-state index in [0.29, 0.717) is 30.3 Å². The highest BCUT2D eigenvalue weighted by molar-refractivity contribution is 5.90. The summed E-state index contributed by atoms with van der Waals surface area (Å²) in [6.45, 7) is 6.00. The number of carbonyl (C=O) groups is 1. The lowest BCUT2D eigenvalue weighted by Gasteiger charge is -2.21.